The molecule has 0 saturated carbocycles. The van der Waals surface area contributed by atoms with Crippen LogP contribution in [0.5, 0.6) is 5.75 Å². The second kappa shape index (κ2) is 9.54. The third-order valence-corrected chi connectivity index (χ3v) is 3.60. The number of carbonyl (C=O) groups excluding carboxylic acids is 1. The maximum atomic E-state index is 12.0. The number of nitrogens with one attached hydrogen (secondary N) is 1. The number of unbranched alkanes of at least 4 members (excludes halogenated alkanes) is 1. The van der Waals surface area contributed by atoms with E-state index in [0.717, 1.165) is 44.5 Å². The van der Waals surface area contributed by atoms with Gasteiger partial charge in [0.25, 0.3) is 0 Å². The zero-order valence-corrected chi connectivity index (χ0v) is 12.9. The fourth-order valence-corrected chi connectivity index (χ4v) is 2.18. The summed E-state index contributed by atoms with van der Waals surface area (Å²) < 4.78 is 5.13. The molecule has 0 saturated heterocycles. The highest BCUT2D eigenvalue weighted by molar-refractivity contribution is 5.81. The molecular formula is C17H27NO2. The fraction of sp³-hybridized carbons (Fsp3) is 0.588. The van der Waals surface area contributed by atoms with E-state index in [1.165, 1.54) is 5.56 Å². The van der Waals surface area contributed by atoms with Gasteiger partial charge in [-0.15, -0.1) is 0 Å². The monoisotopic (exact) mass is 277 g/mol. The Kier molecular flexibility index (Phi) is 7.97. The average Bonchev–Trinajstić information content (AvgIpc) is 2.49. The van der Waals surface area contributed by atoms with Crippen molar-refractivity contribution in [2.45, 2.75) is 46.1 Å². The summed E-state index contributed by atoms with van der Waals surface area (Å²) >= 11 is 0. The smallest absolute Gasteiger partial charge is 0.137 e. The van der Waals surface area contributed by atoms with Crippen molar-refractivity contribution in [1.29, 1.82) is 0 Å². The normalized spacial score (nSPS) is 12.2. The van der Waals surface area contributed by atoms with E-state index in [2.05, 4.69) is 19.2 Å². The average molecular weight is 277 g/mol. The van der Waals surface area contributed by atoms with Crippen LogP contribution in [0.25, 0.3) is 0 Å². The minimum absolute atomic E-state index is 0.153. The van der Waals surface area contributed by atoms with Gasteiger partial charge >= 0.3 is 0 Å². The largest absolute Gasteiger partial charge is 0.497 e. The fourth-order valence-electron chi connectivity index (χ4n) is 2.18. The van der Waals surface area contributed by atoms with Gasteiger partial charge < -0.3 is 10.1 Å². The molecule has 0 aliphatic carbocycles. The van der Waals surface area contributed by atoms with E-state index < -0.39 is 0 Å². The predicted octanol–water partition coefficient (Wildman–Crippen LogP) is 3.57. The molecule has 0 amide bonds. The lowest BCUT2D eigenvalue weighted by molar-refractivity contribution is -0.123. The molecule has 0 aromatic heterocycles. The standard InChI is InChI=1S/C17H27NO2/c1-4-6-7-17(19)15(5-2)13-18-12-14-8-10-16(20-3)11-9-14/h8-11,15,18H,4-7,12-13H2,1-3H3. The van der Waals surface area contributed by atoms with Crippen LogP contribution in [0.4, 0.5) is 0 Å². The van der Waals surface area contributed by atoms with Crippen LogP contribution in [-0.4, -0.2) is 19.4 Å². The SMILES string of the molecule is CCCCC(=O)C(CC)CNCc1ccc(OC)cc1. The van der Waals surface area contributed by atoms with Gasteiger partial charge in [0, 0.05) is 25.4 Å². The quantitative estimate of drug-likeness (QED) is 0.710. The van der Waals surface area contributed by atoms with Gasteiger partial charge in [-0.3, -0.25) is 4.79 Å². The van der Waals surface area contributed by atoms with E-state index in [1.807, 2.05) is 24.3 Å². The molecule has 20 heavy (non-hydrogen) atoms. The highest BCUT2D eigenvalue weighted by Gasteiger charge is 2.14. The Balaban J connectivity index is 2.34. The molecule has 0 aliphatic rings. The summed E-state index contributed by atoms with van der Waals surface area (Å²) in [5, 5.41) is 3.39. The van der Waals surface area contributed by atoms with E-state index in [0.29, 0.717) is 5.78 Å². The van der Waals surface area contributed by atoms with Crippen molar-refractivity contribution in [1.82, 2.24) is 5.32 Å². The number of ether oxygens (including phenoxy) is 1. The van der Waals surface area contributed by atoms with Gasteiger partial charge in [0.15, 0.2) is 0 Å². The zero-order chi connectivity index (χ0) is 14.8. The number of methoxy groups -OCH3 is 1. The molecule has 1 aromatic rings. The van der Waals surface area contributed by atoms with Gasteiger partial charge in [-0.1, -0.05) is 32.4 Å². The summed E-state index contributed by atoms with van der Waals surface area (Å²) in [4.78, 5) is 12.0. The van der Waals surface area contributed by atoms with Gasteiger partial charge in [0.05, 0.1) is 7.11 Å². The minimum atomic E-state index is 0.153. The molecule has 1 atom stereocenters. The summed E-state index contributed by atoms with van der Waals surface area (Å²) in [6, 6.07) is 8.01. The van der Waals surface area contributed by atoms with Gasteiger partial charge in [-0.2, -0.15) is 0 Å². The van der Waals surface area contributed by atoms with E-state index >= 15 is 0 Å². The van der Waals surface area contributed by atoms with Crippen LogP contribution in [0.15, 0.2) is 24.3 Å². The number of hydrogen-bond donors (Lipinski definition) is 1. The van der Waals surface area contributed by atoms with Crippen molar-refractivity contribution in [3.63, 3.8) is 0 Å². The molecule has 1 aromatic carbocycles. The van der Waals surface area contributed by atoms with Crippen LogP contribution >= 0.6 is 0 Å². The van der Waals surface area contributed by atoms with Crippen molar-refractivity contribution in [3.8, 4) is 5.75 Å². The minimum Gasteiger partial charge on any atom is -0.497 e. The van der Waals surface area contributed by atoms with E-state index in [1.54, 1.807) is 7.11 Å². The second-order valence-electron chi connectivity index (χ2n) is 5.15. The first-order valence-corrected chi connectivity index (χ1v) is 7.57. The molecular weight excluding hydrogens is 250 g/mol. The van der Waals surface area contributed by atoms with E-state index in [4.69, 9.17) is 4.74 Å². The van der Waals surface area contributed by atoms with Gasteiger partial charge in [0.1, 0.15) is 11.5 Å². The van der Waals surface area contributed by atoms with Crippen molar-refractivity contribution in [3.05, 3.63) is 29.8 Å². The molecule has 0 fully saturated rings. The number of hydrogen-bond acceptors (Lipinski definition) is 3. The Hall–Kier alpha value is -1.35. The Labute approximate surface area is 122 Å². The van der Waals surface area contributed by atoms with E-state index in [9.17, 15) is 4.79 Å². The van der Waals surface area contributed by atoms with Crippen molar-refractivity contribution < 1.29 is 9.53 Å². The highest BCUT2D eigenvalue weighted by atomic mass is 16.5. The number of carbonyl (C=O) groups is 1. The van der Waals surface area contributed by atoms with Crippen molar-refractivity contribution in [2.24, 2.45) is 5.92 Å². The van der Waals surface area contributed by atoms with Gasteiger partial charge in [-0.05, 0) is 30.5 Å². The predicted molar refractivity (Wildman–Crippen MR) is 83.0 cm³/mol. The van der Waals surface area contributed by atoms with Crippen LogP contribution in [0.3, 0.4) is 0 Å². The summed E-state index contributed by atoms with van der Waals surface area (Å²) in [6.45, 7) is 5.77. The lowest BCUT2D eigenvalue weighted by Gasteiger charge is -2.14. The number of Topliss-reactive ketones (excluding diaryl/α,β-unsaturated/α-hetero) is 1. The summed E-state index contributed by atoms with van der Waals surface area (Å²) in [6.07, 6.45) is 3.73. The van der Waals surface area contributed by atoms with Crippen molar-refractivity contribution in [2.75, 3.05) is 13.7 Å². The third-order valence-electron chi connectivity index (χ3n) is 3.60. The first-order valence-electron chi connectivity index (χ1n) is 7.57. The first-order chi connectivity index (χ1) is 9.71. The Bertz CT molecular complexity index is 386. The molecule has 1 unspecified atom stereocenters. The molecule has 1 N–H and O–H groups in total. The molecule has 1 rings (SSSR count). The maximum absolute atomic E-state index is 12.0. The topological polar surface area (TPSA) is 38.3 Å². The van der Waals surface area contributed by atoms with Crippen LogP contribution in [-0.2, 0) is 11.3 Å². The molecule has 3 nitrogen and oxygen atoms in total. The lowest BCUT2D eigenvalue weighted by Crippen LogP contribution is -2.27. The summed E-state index contributed by atoms with van der Waals surface area (Å²) in [5.74, 6) is 1.42. The molecule has 3 heteroatoms. The number of rotatable bonds is 10. The molecule has 0 radical (unpaired) electrons. The second-order valence-corrected chi connectivity index (χ2v) is 5.15. The maximum Gasteiger partial charge on any atom is 0.137 e. The third kappa shape index (κ3) is 5.74. The molecule has 112 valence electrons. The Morgan fingerprint density at radius 2 is 1.95 bits per heavy atom. The Morgan fingerprint density at radius 3 is 2.50 bits per heavy atom. The van der Waals surface area contributed by atoms with E-state index in [-0.39, 0.29) is 5.92 Å². The molecule has 0 aliphatic heterocycles. The molecule has 0 bridgehead atoms. The van der Waals surface area contributed by atoms with Crippen molar-refractivity contribution >= 4 is 5.78 Å². The van der Waals surface area contributed by atoms with Gasteiger partial charge in [0.2, 0.25) is 0 Å². The Morgan fingerprint density at radius 1 is 1.25 bits per heavy atom. The zero-order valence-electron chi connectivity index (χ0n) is 12.9. The molecule has 0 spiro atoms. The van der Waals surface area contributed by atoms with Crippen LogP contribution < -0.4 is 10.1 Å². The molecule has 0 heterocycles. The number of benzene rings is 1. The first kappa shape index (κ1) is 16.7. The lowest BCUT2D eigenvalue weighted by atomic mass is 9.97. The summed E-state index contributed by atoms with van der Waals surface area (Å²) in [7, 11) is 1.67. The van der Waals surface area contributed by atoms with Crippen LogP contribution in [0.1, 0.15) is 45.1 Å². The van der Waals surface area contributed by atoms with Crippen LogP contribution in [0.2, 0.25) is 0 Å². The van der Waals surface area contributed by atoms with Gasteiger partial charge in [-0.25, -0.2) is 0 Å². The summed E-state index contributed by atoms with van der Waals surface area (Å²) in [5.41, 5.74) is 1.21. The number of ketones is 1. The highest BCUT2D eigenvalue weighted by Crippen LogP contribution is 2.12. The van der Waals surface area contributed by atoms with Crippen LogP contribution in [0, 0.1) is 5.92 Å².